The molecule has 122 valence electrons. The number of aliphatic hydroxyl groups is 4. The average molecular weight is 311 g/mol. The molecule has 0 radical (unpaired) electrons. The fourth-order valence-electron chi connectivity index (χ4n) is 1.90. The van der Waals surface area contributed by atoms with Crippen LogP contribution in [0.25, 0.3) is 0 Å². The Balaban J connectivity index is 2.54. The van der Waals surface area contributed by atoms with Crippen molar-refractivity contribution in [2.24, 2.45) is 5.73 Å². The van der Waals surface area contributed by atoms with Crippen molar-refractivity contribution in [1.29, 1.82) is 0 Å². The first-order valence-corrected chi connectivity index (χ1v) is 6.86. The summed E-state index contributed by atoms with van der Waals surface area (Å²) in [5.74, 6) is -1.52. The molecule has 0 saturated heterocycles. The highest BCUT2D eigenvalue weighted by molar-refractivity contribution is 6.03. The quantitative estimate of drug-likeness (QED) is 0.337. The van der Waals surface area contributed by atoms with Crippen LogP contribution in [0.4, 0.5) is 0 Å². The Bertz CT molecular complexity index is 492. The van der Waals surface area contributed by atoms with Gasteiger partial charge in [0.2, 0.25) is 0 Å². The van der Waals surface area contributed by atoms with Crippen LogP contribution in [-0.4, -0.2) is 63.0 Å². The van der Waals surface area contributed by atoms with E-state index >= 15 is 0 Å². The van der Waals surface area contributed by atoms with Gasteiger partial charge >= 0.3 is 0 Å². The van der Waals surface area contributed by atoms with Gasteiger partial charge in [-0.1, -0.05) is 30.3 Å². The standard InChI is InChI=1S/C15H21NO6/c16-10(6-9-4-2-1-3-5-9)11(18)7-12(19)14(21)15(22)13(20)8-17/h1-5,10,13-15,17,20-22H,6-8,16H2. The molecule has 0 aliphatic carbocycles. The molecule has 7 heteroatoms. The Morgan fingerprint density at radius 2 is 1.64 bits per heavy atom. The predicted octanol–water partition coefficient (Wildman–Crippen LogP) is -1.84. The van der Waals surface area contributed by atoms with Gasteiger partial charge in [-0.15, -0.1) is 0 Å². The molecule has 0 aromatic heterocycles. The molecule has 0 saturated carbocycles. The second-order valence-corrected chi connectivity index (χ2v) is 5.09. The number of carbonyl (C=O) groups is 2. The topological polar surface area (TPSA) is 141 Å². The van der Waals surface area contributed by atoms with Crippen molar-refractivity contribution in [3.8, 4) is 0 Å². The second kappa shape index (κ2) is 8.72. The van der Waals surface area contributed by atoms with Gasteiger partial charge in [-0.25, -0.2) is 0 Å². The molecule has 0 bridgehead atoms. The van der Waals surface area contributed by atoms with Crippen molar-refractivity contribution in [1.82, 2.24) is 0 Å². The summed E-state index contributed by atoms with van der Waals surface area (Å²) >= 11 is 0. The van der Waals surface area contributed by atoms with Gasteiger partial charge in [0.1, 0.15) is 18.3 Å². The van der Waals surface area contributed by atoms with Gasteiger partial charge in [0.05, 0.1) is 19.1 Å². The lowest BCUT2D eigenvalue weighted by atomic mass is 9.96. The van der Waals surface area contributed by atoms with Crippen molar-refractivity contribution in [2.45, 2.75) is 37.2 Å². The van der Waals surface area contributed by atoms with E-state index in [1.165, 1.54) is 0 Å². The Kier molecular flexibility index (Phi) is 7.30. The van der Waals surface area contributed by atoms with Gasteiger partial charge in [-0.3, -0.25) is 9.59 Å². The summed E-state index contributed by atoms with van der Waals surface area (Å²) in [4.78, 5) is 23.6. The Morgan fingerprint density at radius 1 is 1.05 bits per heavy atom. The van der Waals surface area contributed by atoms with Gasteiger partial charge in [-0.05, 0) is 12.0 Å². The summed E-state index contributed by atoms with van der Waals surface area (Å²) in [5.41, 5.74) is 6.56. The van der Waals surface area contributed by atoms with E-state index in [4.69, 9.17) is 15.9 Å². The van der Waals surface area contributed by atoms with Gasteiger partial charge in [0, 0.05) is 0 Å². The lowest BCUT2D eigenvalue weighted by Crippen LogP contribution is -2.45. The first-order valence-electron chi connectivity index (χ1n) is 6.86. The molecular weight excluding hydrogens is 290 g/mol. The van der Waals surface area contributed by atoms with E-state index in [0.717, 1.165) is 5.56 Å². The predicted molar refractivity (Wildman–Crippen MR) is 77.9 cm³/mol. The summed E-state index contributed by atoms with van der Waals surface area (Å²) in [6.07, 6.45) is -5.85. The summed E-state index contributed by atoms with van der Waals surface area (Å²) < 4.78 is 0. The van der Waals surface area contributed by atoms with Crippen LogP contribution in [0.5, 0.6) is 0 Å². The monoisotopic (exact) mass is 311 g/mol. The first-order chi connectivity index (χ1) is 10.4. The van der Waals surface area contributed by atoms with E-state index in [1.807, 2.05) is 6.07 Å². The summed E-state index contributed by atoms with van der Waals surface area (Å²) in [6, 6.07) is 8.11. The number of aliphatic hydroxyl groups excluding tert-OH is 4. The van der Waals surface area contributed by atoms with Crippen LogP contribution in [0.15, 0.2) is 30.3 Å². The zero-order chi connectivity index (χ0) is 16.7. The first kappa shape index (κ1) is 18.4. The number of hydrogen-bond acceptors (Lipinski definition) is 7. The van der Waals surface area contributed by atoms with Crippen molar-refractivity contribution < 1.29 is 30.0 Å². The highest BCUT2D eigenvalue weighted by Crippen LogP contribution is 2.07. The van der Waals surface area contributed by atoms with Crippen molar-refractivity contribution >= 4 is 11.6 Å². The maximum absolute atomic E-state index is 11.9. The molecule has 0 heterocycles. The molecular formula is C15H21NO6. The fourth-order valence-corrected chi connectivity index (χ4v) is 1.90. The Labute approximate surface area is 128 Å². The maximum atomic E-state index is 11.9. The third kappa shape index (κ3) is 5.28. The lowest BCUT2D eigenvalue weighted by Gasteiger charge is -2.20. The van der Waals surface area contributed by atoms with Crippen LogP contribution in [0.2, 0.25) is 0 Å². The Hall–Kier alpha value is -1.64. The molecule has 4 unspecified atom stereocenters. The average Bonchev–Trinajstić information content (AvgIpc) is 2.53. The molecule has 0 amide bonds. The van der Waals surface area contributed by atoms with Crippen LogP contribution >= 0.6 is 0 Å². The van der Waals surface area contributed by atoms with E-state index < -0.39 is 48.9 Å². The van der Waals surface area contributed by atoms with Crippen molar-refractivity contribution in [3.63, 3.8) is 0 Å². The third-order valence-electron chi connectivity index (χ3n) is 3.30. The van der Waals surface area contributed by atoms with Crippen LogP contribution in [0, 0.1) is 0 Å². The fraction of sp³-hybridized carbons (Fsp3) is 0.467. The number of nitrogens with two attached hydrogens (primary N) is 1. The van der Waals surface area contributed by atoms with Crippen LogP contribution in [0.3, 0.4) is 0 Å². The van der Waals surface area contributed by atoms with E-state index in [0.29, 0.717) is 0 Å². The Morgan fingerprint density at radius 3 is 2.18 bits per heavy atom. The lowest BCUT2D eigenvalue weighted by molar-refractivity contribution is -0.142. The molecule has 6 N–H and O–H groups in total. The highest BCUT2D eigenvalue weighted by Gasteiger charge is 2.31. The number of ketones is 2. The summed E-state index contributed by atoms with van der Waals surface area (Å²) in [7, 11) is 0. The molecule has 22 heavy (non-hydrogen) atoms. The molecule has 1 aromatic rings. The molecule has 4 atom stereocenters. The number of rotatable bonds is 9. The van der Waals surface area contributed by atoms with E-state index in [1.54, 1.807) is 24.3 Å². The minimum atomic E-state index is -1.95. The molecule has 0 spiro atoms. The maximum Gasteiger partial charge on any atom is 0.171 e. The van der Waals surface area contributed by atoms with Gasteiger partial charge in [0.25, 0.3) is 0 Å². The van der Waals surface area contributed by atoms with Gasteiger partial charge in [0.15, 0.2) is 11.6 Å². The number of hydrogen-bond donors (Lipinski definition) is 5. The van der Waals surface area contributed by atoms with E-state index in [2.05, 4.69) is 0 Å². The molecule has 1 aromatic carbocycles. The van der Waals surface area contributed by atoms with Crippen molar-refractivity contribution in [2.75, 3.05) is 6.61 Å². The van der Waals surface area contributed by atoms with Crippen LogP contribution in [0.1, 0.15) is 12.0 Å². The van der Waals surface area contributed by atoms with E-state index in [9.17, 15) is 19.8 Å². The largest absolute Gasteiger partial charge is 0.394 e. The normalized spacial score (nSPS) is 16.6. The van der Waals surface area contributed by atoms with Crippen molar-refractivity contribution in [3.05, 3.63) is 35.9 Å². The summed E-state index contributed by atoms with van der Waals surface area (Å²) in [6.45, 7) is -0.813. The molecule has 0 aliphatic rings. The second-order valence-electron chi connectivity index (χ2n) is 5.09. The minimum Gasteiger partial charge on any atom is -0.394 e. The zero-order valence-corrected chi connectivity index (χ0v) is 12.0. The van der Waals surface area contributed by atoms with Gasteiger partial charge in [-0.2, -0.15) is 0 Å². The van der Waals surface area contributed by atoms with Crippen LogP contribution < -0.4 is 5.73 Å². The van der Waals surface area contributed by atoms with E-state index in [-0.39, 0.29) is 6.42 Å². The number of Topliss-reactive ketones (excluding diaryl/α,β-unsaturated/α-hetero) is 2. The minimum absolute atomic E-state index is 0.255. The smallest absolute Gasteiger partial charge is 0.171 e. The van der Waals surface area contributed by atoms with Crippen LogP contribution in [-0.2, 0) is 16.0 Å². The summed E-state index contributed by atoms with van der Waals surface area (Å²) in [5, 5.41) is 36.8. The molecule has 7 nitrogen and oxygen atoms in total. The van der Waals surface area contributed by atoms with Gasteiger partial charge < -0.3 is 26.2 Å². The molecule has 0 fully saturated rings. The number of carbonyl (C=O) groups excluding carboxylic acids is 2. The number of benzene rings is 1. The third-order valence-corrected chi connectivity index (χ3v) is 3.30. The highest BCUT2D eigenvalue weighted by atomic mass is 16.4. The molecule has 0 aliphatic heterocycles. The zero-order valence-electron chi connectivity index (χ0n) is 12.0. The molecule has 1 rings (SSSR count). The SMILES string of the molecule is NC(Cc1ccccc1)C(=O)CC(=O)C(O)C(O)C(O)CO.